The Morgan fingerprint density at radius 2 is 1.81 bits per heavy atom. The van der Waals surface area contributed by atoms with Gasteiger partial charge in [-0.05, 0) is 55.8 Å². The Balaban J connectivity index is 1.64. The zero-order valence-electron chi connectivity index (χ0n) is 14.3. The van der Waals surface area contributed by atoms with Crippen molar-refractivity contribution in [2.75, 3.05) is 5.32 Å². The molecule has 0 aliphatic carbocycles. The third kappa shape index (κ3) is 2.79. The van der Waals surface area contributed by atoms with Gasteiger partial charge in [0.2, 0.25) is 0 Å². The lowest BCUT2D eigenvalue weighted by Gasteiger charge is -2.08. The van der Waals surface area contributed by atoms with Gasteiger partial charge in [-0.25, -0.2) is 4.98 Å². The largest absolute Gasteiger partial charge is 0.322 e. The molecule has 1 aliphatic heterocycles. The lowest BCUT2D eigenvalue weighted by Crippen LogP contribution is -2.21. The maximum Gasteiger partial charge on any atom is 0.261 e. The number of fused-ring (bicyclic) bond motifs is 2. The van der Waals surface area contributed by atoms with Gasteiger partial charge in [0, 0.05) is 29.8 Å². The van der Waals surface area contributed by atoms with Crippen molar-refractivity contribution in [3.05, 3.63) is 69.8 Å². The molecule has 6 heteroatoms. The summed E-state index contributed by atoms with van der Waals surface area (Å²) >= 11 is 0. The summed E-state index contributed by atoms with van der Waals surface area (Å²) in [5.74, 6) is 0.465. The van der Waals surface area contributed by atoms with Gasteiger partial charge in [-0.1, -0.05) is 0 Å². The van der Waals surface area contributed by atoms with Gasteiger partial charge in [-0.2, -0.15) is 0 Å². The van der Waals surface area contributed by atoms with Crippen molar-refractivity contribution >= 4 is 28.3 Å². The maximum absolute atomic E-state index is 12.5. The van der Waals surface area contributed by atoms with Crippen LogP contribution < -0.4 is 10.9 Å². The Kier molecular flexibility index (Phi) is 3.88. The van der Waals surface area contributed by atoms with E-state index in [1.54, 1.807) is 47.0 Å². The molecule has 0 fully saturated rings. The predicted molar refractivity (Wildman–Crippen MR) is 98.7 cm³/mol. The molecule has 0 spiro atoms. The molecule has 2 heterocycles. The molecule has 1 amide bonds. The molecule has 130 valence electrons. The highest BCUT2D eigenvalue weighted by atomic mass is 16.2. The Morgan fingerprint density at radius 1 is 1.08 bits per heavy atom. The first-order valence-corrected chi connectivity index (χ1v) is 8.49. The fourth-order valence-electron chi connectivity index (χ4n) is 3.22. The minimum atomic E-state index is -0.287. The van der Waals surface area contributed by atoms with Crippen molar-refractivity contribution in [2.45, 2.75) is 26.3 Å². The zero-order chi connectivity index (χ0) is 18.3. The van der Waals surface area contributed by atoms with Crippen LogP contribution in [0, 0.1) is 0 Å². The van der Waals surface area contributed by atoms with E-state index in [4.69, 9.17) is 0 Å². The van der Waals surface area contributed by atoms with Crippen LogP contribution in [0.1, 0.15) is 39.9 Å². The molecule has 4 rings (SSSR count). The normalized spacial score (nSPS) is 12.8. The van der Waals surface area contributed by atoms with Gasteiger partial charge >= 0.3 is 0 Å². The molecular weight excluding hydrogens is 330 g/mol. The Morgan fingerprint density at radius 3 is 2.54 bits per heavy atom. The van der Waals surface area contributed by atoms with E-state index >= 15 is 0 Å². The lowest BCUT2D eigenvalue weighted by molar-refractivity contribution is 0.101. The molecule has 26 heavy (non-hydrogen) atoms. The number of rotatable bonds is 3. The minimum Gasteiger partial charge on any atom is -0.322 e. The number of carbonyl (C=O) groups excluding carboxylic acids is 2. The van der Waals surface area contributed by atoms with E-state index in [9.17, 15) is 14.4 Å². The molecule has 3 aromatic rings. The number of amides is 1. The number of aryl methyl sites for hydroxylation is 1. The molecule has 1 aromatic heterocycles. The maximum atomic E-state index is 12.5. The molecule has 6 nitrogen and oxygen atoms in total. The molecule has 2 aromatic carbocycles. The molecule has 0 bridgehead atoms. The number of hydrogen-bond acceptors (Lipinski definition) is 4. The number of carbonyl (C=O) groups is 2. The van der Waals surface area contributed by atoms with Crippen LogP contribution in [-0.2, 0) is 13.0 Å². The third-order valence-electron chi connectivity index (χ3n) is 4.63. The highest BCUT2D eigenvalue weighted by molar-refractivity contribution is 6.06. The number of anilines is 1. The standard InChI is InChI=1S/C20H17N3O3/c1-12(24)13-4-7-15(8-5-13)21-19(25)14-6-9-16-17(11-14)22-18-3-2-10-23(18)20(16)26/h4-9,11H,2-3,10H2,1H3,(H,21,25). The summed E-state index contributed by atoms with van der Waals surface area (Å²) in [6.07, 6.45) is 1.70. The third-order valence-corrected chi connectivity index (χ3v) is 4.63. The number of ketones is 1. The molecule has 0 atom stereocenters. The van der Waals surface area contributed by atoms with Crippen LogP contribution in [0.2, 0.25) is 0 Å². The van der Waals surface area contributed by atoms with Crippen molar-refractivity contribution < 1.29 is 9.59 Å². The van der Waals surface area contributed by atoms with E-state index in [0.717, 1.165) is 18.7 Å². The van der Waals surface area contributed by atoms with Crippen molar-refractivity contribution in [2.24, 2.45) is 0 Å². The minimum absolute atomic E-state index is 0.0256. The number of hydrogen-bond donors (Lipinski definition) is 1. The van der Waals surface area contributed by atoms with Gasteiger partial charge in [0.05, 0.1) is 10.9 Å². The van der Waals surface area contributed by atoms with Crippen molar-refractivity contribution in [1.82, 2.24) is 9.55 Å². The van der Waals surface area contributed by atoms with Gasteiger partial charge in [-0.15, -0.1) is 0 Å². The van der Waals surface area contributed by atoms with E-state index < -0.39 is 0 Å². The van der Waals surface area contributed by atoms with Gasteiger partial charge in [0.25, 0.3) is 11.5 Å². The summed E-state index contributed by atoms with van der Waals surface area (Å²) in [6, 6.07) is 11.7. The summed E-state index contributed by atoms with van der Waals surface area (Å²) < 4.78 is 1.71. The first kappa shape index (κ1) is 16.2. The van der Waals surface area contributed by atoms with Crippen LogP contribution in [0.15, 0.2) is 47.3 Å². The second-order valence-corrected chi connectivity index (χ2v) is 6.41. The summed E-state index contributed by atoms with van der Waals surface area (Å²) in [7, 11) is 0. The fourth-order valence-corrected chi connectivity index (χ4v) is 3.22. The second-order valence-electron chi connectivity index (χ2n) is 6.41. The lowest BCUT2D eigenvalue weighted by atomic mass is 10.1. The quantitative estimate of drug-likeness (QED) is 0.739. The van der Waals surface area contributed by atoms with E-state index in [0.29, 0.717) is 34.3 Å². The number of nitrogens with one attached hydrogen (secondary N) is 1. The van der Waals surface area contributed by atoms with Crippen LogP contribution in [0.3, 0.4) is 0 Å². The van der Waals surface area contributed by atoms with Crippen LogP contribution >= 0.6 is 0 Å². The number of aromatic nitrogens is 2. The zero-order valence-corrected chi connectivity index (χ0v) is 14.3. The van der Waals surface area contributed by atoms with Gasteiger partial charge in [0.15, 0.2) is 5.78 Å². The molecule has 0 saturated carbocycles. The Hall–Kier alpha value is -3.28. The molecule has 0 saturated heterocycles. The van der Waals surface area contributed by atoms with E-state index in [2.05, 4.69) is 10.3 Å². The highest BCUT2D eigenvalue weighted by Gasteiger charge is 2.17. The van der Waals surface area contributed by atoms with Crippen molar-refractivity contribution in [1.29, 1.82) is 0 Å². The van der Waals surface area contributed by atoms with Gasteiger partial charge in [-0.3, -0.25) is 19.0 Å². The molecule has 0 unspecified atom stereocenters. The highest BCUT2D eigenvalue weighted by Crippen LogP contribution is 2.17. The van der Waals surface area contributed by atoms with E-state index in [1.165, 1.54) is 6.92 Å². The SMILES string of the molecule is CC(=O)c1ccc(NC(=O)c2ccc3c(=O)n4c(nc3c2)CCC4)cc1. The van der Waals surface area contributed by atoms with Crippen molar-refractivity contribution in [3.8, 4) is 0 Å². The average molecular weight is 347 g/mol. The molecular formula is C20H17N3O3. The van der Waals surface area contributed by atoms with Crippen LogP contribution in [0.5, 0.6) is 0 Å². The summed E-state index contributed by atoms with van der Waals surface area (Å²) in [5.41, 5.74) is 2.12. The van der Waals surface area contributed by atoms with Crippen molar-refractivity contribution in [3.63, 3.8) is 0 Å². The molecule has 1 N–H and O–H groups in total. The number of Topliss-reactive ketones (excluding diaryl/α,β-unsaturated/α-hetero) is 1. The summed E-state index contributed by atoms with van der Waals surface area (Å²) in [5, 5.41) is 3.32. The summed E-state index contributed by atoms with van der Waals surface area (Å²) in [4.78, 5) is 40.8. The second kappa shape index (κ2) is 6.22. The molecule has 0 radical (unpaired) electrons. The first-order valence-electron chi connectivity index (χ1n) is 8.49. The van der Waals surface area contributed by atoms with Gasteiger partial charge in [0.1, 0.15) is 5.82 Å². The topological polar surface area (TPSA) is 81.1 Å². The smallest absolute Gasteiger partial charge is 0.261 e. The van der Waals surface area contributed by atoms with E-state index in [-0.39, 0.29) is 17.2 Å². The monoisotopic (exact) mass is 347 g/mol. The van der Waals surface area contributed by atoms with Crippen LogP contribution in [0.4, 0.5) is 5.69 Å². The van der Waals surface area contributed by atoms with Crippen LogP contribution in [-0.4, -0.2) is 21.2 Å². The Labute approximate surface area is 149 Å². The fraction of sp³-hybridized carbons (Fsp3) is 0.200. The number of nitrogens with zero attached hydrogens (tertiary/aromatic N) is 2. The molecule has 1 aliphatic rings. The average Bonchev–Trinajstić information content (AvgIpc) is 3.10. The number of benzene rings is 2. The Bertz CT molecular complexity index is 1100. The van der Waals surface area contributed by atoms with Gasteiger partial charge < -0.3 is 5.32 Å². The predicted octanol–water partition coefficient (Wildman–Crippen LogP) is 2.80. The summed E-state index contributed by atoms with van der Waals surface area (Å²) in [6.45, 7) is 2.20. The van der Waals surface area contributed by atoms with Crippen LogP contribution in [0.25, 0.3) is 10.9 Å². The first-order chi connectivity index (χ1) is 12.5. The van der Waals surface area contributed by atoms with E-state index in [1.807, 2.05) is 0 Å².